The summed E-state index contributed by atoms with van der Waals surface area (Å²) in [6, 6.07) is 0. The van der Waals surface area contributed by atoms with E-state index in [1.807, 2.05) is 7.05 Å². The van der Waals surface area contributed by atoms with Crippen molar-refractivity contribution in [3.63, 3.8) is 0 Å². The monoisotopic (exact) mass is 335 g/mol. The van der Waals surface area contributed by atoms with E-state index in [2.05, 4.69) is 49.1 Å². The van der Waals surface area contributed by atoms with Crippen molar-refractivity contribution in [1.29, 1.82) is 0 Å². The minimum absolute atomic E-state index is 0.617. The van der Waals surface area contributed by atoms with Gasteiger partial charge in [-0.05, 0) is 31.8 Å². The van der Waals surface area contributed by atoms with Crippen LogP contribution in [0.5, 0.6) is 0 Å². The lowest BCUT2D eigenvalue weighted by atomic mass is 10.1. The fourth-order valence-corrected chi connectivity index (χ4v) is 3.17. The Morgan fingerprint density at radius 1 is 1.29 bits per heavy atom. The number of guanidine groups is 1. The average Bonchev–Trinajstić information content (AvgIpc) is 3.06. The van der Waals surface area contributed by atoms with E-state index < -0.39 is 0 Å². The van der Waals surface area contributed by atoms with Crippen LogP contribution in [0, 0.1) is 5.92 Å². The molecule has 1 atom stereocenters. The van der Waals surface area contributed by atoms with Gasteiger partial charge < -0.3 is 20.1 Å². The highest BCUT2D eigenvalue weighted by atomic mass is 15.3. The molecule has 1 fully saturated rings. The standard InChI is InChI=1S/C17H33N7/c1-4-16-22-21-14-24(16)11-8-19-17(18-3)20-12-15(2)13-23-9-6-5-7-10-23/h14-15H,4-13H2,1-3H3,(H2,18,19,20). The summed E-state index contributed by atoms with van der Waals surface area (Å²) in [4.78, 5) is 6.90. The summed E-state index contributed by atoms with van der Waals surface area (Å²) in [5, 5.41) is 14.9. The second kappa shape index (κ2) is 10.3. The molecule has 1 saturated heterocycles. The quantitative estimate of drug-likeness (QED) is 0.550. The minimum atomic E-state index is 0.617. The van der Waals surface area contributed by atoms with Crippen LogP contribution < -0.4 is 10.6 Å². The molecule has 2 N–H and O–H groups in total. The number of piperidine rings is 1. The van der Waals surface area contributed by atoms with Crippen LogP contribution >= 0.6 is 0 Å². The van der Waals surface area contributed by atoms with Gasteiger partial charge in [-0.25, -0.2) is 0 Å². The summed E-state index contributed by atoms with van der Waals surface area (Å²) in [6.07, 6.45) is 6.79. The summed E-state index contributed by atoms with van der Waals surface area (Å²) in [6.45, 7) is 10.7. The largest absolute Gasteiger partial charge is 0.356 e. The predicted octanol–water partition coefficient (Wildman–Crippen LogP) is 1.13. The van der Waals surface area contributed by atoms with Gasteiger partial charge in [0.25, 0.3) is 0 Å². The summed E-state index contributed by atoms with van der Waals surface area (Å²) in [7, 11) is 1.82. The summed E-state index contributed by atoms with van der Waals surface area (Å²) < 4.78 is 2.08. The Balaban J connectivity index is 1.64. The van der Waals surface area contributed by atoms with Gasteiger partial charge in [-0.1, -0.05) is 20.3 Å². The van der Waals surface area contributed by atoms with Gasteiger partial charge in [-0.2, -0.15) is 0 Å². The Morgan fingerprint density at radius 2 is 2.08 bits per heavy atom. The normalized spacial score (nSPS) is 17.7. The van der Waals surface area contributed by atoms with Gasteiger partial charge >= 0.3 is 0 Å². The minimum Gasteiger partial charge on any atom is -0.356 e. The molecule has 0 aromatic carbocycles. The molecule has 7 heteroatoms. The Bertz CT molecular complexity index is 491. The van der Waals surface area contributed by atoms with E-state index in [9.17, 15) is 0 Å². The lowest BCUT2D eigenvalue weighted by Gasteiger charge is -2.29. The molecule has 1 unspecified atom stereocenters. The van der Waals surface area contributed by atoms with E-state index in [0.29, 0.717) is 5.92 Å². The average molecular weight is 336 g/mol. The Hall–Kier alpha value is -1.63. The zero-order chi connectivity index (χ0) is 17.2. The molecule has 0 spiro atoms. The van der Waals surface area contributed by atoms with Crippen molar-refractivity contribution in [3.05, 3.63) is 12.2 Å². The van der Waals surface area contributed by atoms with Crippen LogP contribution in [0.15, 0.2) is 11.3 Å². The molecule has 0 aliphatic carbocycles. The van der Waals surface area contributed by atoms with Crippen LogP contribution in [-0.4, -0.2) is 65.4 Å². The van der Waals surface area contributed by atoms with Gasteiger partial charge in [0.15, 0.2) is 5.96 Å². The van der Waals surface area contributed by atoms with Crippen LogP contribution in [0.2, 0.25) is 0 Å². The fraction of sp³-hybridized carbons (Fsp3) is 0.824. The van der Waals surface area contributed by atoms with Crippen molar-refractivity contribution < 1.29 is 0 Å². The molecule has 2 rings (SSSR count). The van der Waals surface area contributed by atoms with E-state index in [-0.39, 0.29) is 0 Å². The molecule has 1 aromatic heterocycles. The second-order valence-electron chi connectivity index (χ2n) is 6.64. The van der Waals surface area contributed by atoms with Gasteiger partial charge in [-0.15, -0.1) is 10.2 Å². The third-order valence-corrected chi connectivity index (χ3v) is 4.52. The summed E-state index contributed by atoms with van der Waals surface area (Å²) in [5.41, 5.74) is 0. The molecule has 0 bridgehead atoms. The third-order valence-electron chi connectivity index (χ3n) is 4.52. The molecule has 0 radical (unpaired) electrons. The lowest BCUT2D eigenvalue weighted by Crippen LogP contribution is -2.43. The molecule has 1 aromatic rings. The highest BCUT2D eigenvalue weighted by molar-refractivity contribution is 5.79. The number of nitrogens with one attached hydrogen (secondary N) is 2. The van der Waals surface area contributed by atoms with E-state index in [0.717, 1.165) is 37.8 Å². The molecule has 0 saturated carbocycles. The lowest BCUT2D eigenvalue weighted by molar-refractivity contribution is 0.201. The van der Waals surface area contributed by atoms with Crippen molar-refractivity contribution in [1.82, 2.24) is 30.3 Å². The molecule has 0 amide bonds. The molecule has 1 aliphatic heterocycles. The summed E-state index contributed by atoms with van der Waals surface area (Å²) >= 11 is 0. The first kappa shape index (κ1) is 18.7. The van der Waals surface area contributed by atoms with Gasteiger partial charge in [-0.3, -0.25) is 4.99 Å². The van der Waals surface area contributed by atoms with Crippen LogP contribution in [0.1, 0.15) is 38.9 Å². The van der Waals surface area contributed by atoms with Crippen molar-refractivity contribution in [2.45, 2.75) is 46.1 Å². The molecular formula is C17H33N7. The number of hydrogen-bond acceptors (Lipinski definition) is 4. The maximum Gasteiger partial charge on any atom is 0.191 e. The Morgan fingerprint density at radius 3 is 2.79 bits per heavy atom. The molecule has 24 heavy (non-hydrogen) atoms. The Labute approximate surface area is 145 Å². The van der Waals surface area contributed by atoms with E-state index in [1.54, 1.807) is 6.33 Å². The maximum atomic E-state index is 4.31. The van der Waals surface area contributed by atoms with E-state index in [4.69, 9.17) is 0 Å². The van der Waals surface area contributed by atoms with Gasteiger partial charge in [0.1, 0.15) is 12.2 Å². The zero-order valence-corrected chi connectivity index (χ0v) is 15.5. The molecular weight excluding hydrogens is 302 g/mol. The highest BCUT2D eigenvalue weighted by Crippen LogP contribution is 2.10. The maximum absolute atomic E-state index is 4.31. The smallest absolute Gasteiger partial charge is 0.191 e. The fourth-order valence-electron chi connectivity index (χ4n) is 3.17. The second-order valence-corrected chi connectivity index (χ2v) is 6.64. The first-order valence-electron chi connectivity index (χ1n) is 9.26. The Kier molecular flexibility index (Phi) is 8.01. The van der Waals surface area contributed by atoms with E-state index in [1.165, 1.54) is 38.9 Å². The van der Waals surface area contributed by atoms with Gasteiger partial charge in [0.2, 0.25) is 0 Å². The molecule has 136 valence electrons. The summed E-state index contributed by atoms with van der Waals surface area (Å²) in [5.74, 6) is 2.51. The number of hydrogen-bond donors (Lipinski definition) is 2. The SMILES string of the molecule is CCc1nncn1CCNC(=NC)NCC(C)CN1CCCCC1. The van der Waals surface area contributed by atoms with Crippen LogP contribution in [-0.2, 0) is 13.0 Å². The molecule has 2 heterocycles. The number of aryl methyl sites for hydroxylation is 1. The number of aliphatic imine (C=N–C) groups is 1. The topological polar surface area (TPSA) is 70.4 Å². The first-order valence-corrected chi connectivity index (χ1v) is 9.26. The first-order chi connectivity index (χ1) is 11.7. The van der Waals surface area contributed by atoms with Crippen molar-refractivity contribution in [3.8, 4) is 0 Å². The number of rotatable bonds is 8. The van der Waals surface area contributed by atoms with E-state index >= 15 is 0 Å². The van der Waals surface area contributed by atoms with Gasteiger partial charge in [0, 0.05) is 39.6 Å². The third kappa shape index (κ3) is 6.11. The predicted molar refractivity (Wildman–Crippen MR) is 98.2 cm³/mol. The number of nitrogens with zero attached hydrogens (tertiary/aromatic N) is 5. The molecule has 1 aliphatic rings. The van der Waals surface area contributed by atoms with Crippen molar-refractivity contribution in [2.75, 3.05) is 39.8 Å². The number of aromatic nitrogens is 3. The van der Waals surface area contributed by atoms with Crippen molar-refractivity contribution in [2.24, 2.45) is 10.9 Å². The van der Waals surface area contributed by atoms with Gasteiger partial charge in [0.05, 0.1) is 0 Å². The van der Waals surface area contributed by atoms with Crippen LogP contribution in [0.4, 0.5) is 0 Å². The molecule has 7 nitrogen and oxygen atoms in total. The number of likely N-dealkylation sites (tertiary alicyclic amines) is 1. The van der Waals surface area contributed by atoms with Crippen LogP contribution in [0.3, 0.4) is 0 Å². The van der Waals surface area contributed by atoms with Crippen molar-refractivity contribution >= 4 is 5.96 Å². The zero-order valence-electron chi connectivity index (χ0n) is 15.5. The highest BCUT2D eigenvalue weighted by Gasteiger charge is 2.13. The van der Waals surface area contributed by atoms with Crippen LogP contribution in [0.25, 0.3) is 0 Å².